The van der Waals surface area contributed by atoms with Gasteiger partial charge in [-0.2, -0.15) is 0 Å². The summed E-state index contributed by atoms with van der Waals surface area (Å²) < 4.78 is 6.04. The Morgan fingerprint density at radius 3 is 2.50 bits per heavy atom. The fourth-order valence-electron chi connectivity index (χ4n) is 1.18. The van der Waals surface area contributed by atoms with Gasteiger partial charge in [-0.25, -0.2) is 0 Å². The third kappa shape index (κ3) is 3.39. The average Bonchev–Trinajstić information content (AvgIpc) is 2.16. The van der Waals surface area contributed by atoms with Crippen LogP contribution in [0.5, 0.6) is 5.75 Å². The Balaban J connectivity index is 2.79. The van der Waals surface area contributed by atoms with Gasteiger partial charge in [0.2, 0.25) is 0 Å². The van der Waals surface area contributed by atoms with Crippen molar-refractivity contribution in [2.45, 2.75) is 32.4 Å². The predicted octanol–water partition coefficient (Wildman–Crippen LogP) is 3.03. The van der Waals surface area contributed by atoms with Gasteiger partial charge in [0, 0.05) is 5.69 Å². The van der Waals surface area contributed by atoms with E-state index >= 15 is 0 Å². The van der Waals surface area contributed by atoms with Crippen LogP contribution in [-0.2, 0) is 0 Å². The number of rotatable bonds is 4. The van der Waals surface area contributed by atoms with E-state index in [0.29, 0.717) is 0 Å². The number of ether oxygens (including phenoxy) is 1. The quantitative estimate of drug-likeness (QED) is 0.894. The summed E-state index contributed by atoms with van der Waals surface area (Å²) >= 11 is 3.42. The minimum atomic E-state index is -0.758. The second-order valence-electron chi connectivity index (χ2n) is 4.37. The van der Waals surface area contributed by atoms with E-state index in [4.69, 9.17) is 4.74 Å². The van der Waals surface area contributed by atoms with Crippen LogP contribution in [0.15, 0.2) is 22.7 Å². The summed E-state index contributed by atoms with van der Waals surface area (Å²) in [6.45, 7) is 5.50. The van der Waals surface area contributed by atoms with Crippen molar-refractivity contribution in [3.8, 4) is 5.75 Å². The van der Waals surface area contributed by atoms with Crippen LogP contribution < -0.4 is 10.1 Å². The first kappa shape index (κ1) is 13.3. The van der Waals surface area contributed by atoms with Gasteiger partial charge >= 0.3 is 0 Å². The van der Waals surface area contributed by atoms with E-state index in [2.05, 4.69) is 21.2 Å². The number of hydrogen-bond donors (Lipinski definition) is 2. The molecule has 1 rings (SSSR count). The summed E-state index contributed by atoms with van der Waals surface area (Å²) in [5, 5.41) is 13.1. The molecule has 0 radical (unpaired) electrons. The number of anilines is 1. The number of methoxy groups -OCH3 is 1. The molecule has 0 bridgehead atoms. The van der Waals surface area contributed by atoms with Crippen molar-refractivity contribution in [2.24, 2.45) is 0 Å². The van der Waals surface area contributed by atoms with Gasteiger partial charge in [-0.05, 0) is 54.9 Å². The summed E-state index contributed by atoms with van der Waals surface area (Å²) in [5.74, 6) is 0.793. The summed E-state index contributed by atoms with van der Waals surface area (Å²) in [4.78, 5) is 0. The molecule has 0 aromatic heterocycles. The molecule has 0 aliphatic carbocycles. The largest absolute Gasteiger partial charge is 0.496 e. The van der Waals surface area contributed by atoms with E-state index in [-0.39, 0.29) is 6.04 Å². The molecule has 1 aromatic carbocycles. The Morgan fingerprint density at radius 1 is 1.44 bits per heavy atom. The maximum Gasteiger partial charge on any atom is 0.133 e. The van der Waals surface area contributed by atoms with Crippen molar-refractivity contribution < 1.29 is 9.84 Å². The molecule has 1 atom stereocenters. The second kappa shape index (κ2) is 5.06. The van der Waals surface area contributed by atoms with Crippen LogP contribution in [0, 0.1) is 0 Å². The molecule has 0 spiro atoms. The highest BCUT2D eigenvalue weighted by molar-refractivity contribution is 9.10. The Hall–Kier alpha value is -0.740. The smallest absolute Gasteiger partial charge is 0.133 e. The van der Waals surface area contributed by atoms with E-state index < -0.39 is 5.60 Å². The lowest BCUT2D eigenvalue weighted by Crippen LogP contribution is -2.39. The number of aliphatic hydroxyl groups is 1. The summed E-state index contributed by atoms with van der Waals surface area (Å²) in [5.41, 5.74) is 0.189. The Bertz CT molecular complexity index is 361. The van der Waals surface area contributed by atoms with Crippen molar-refractivity contribution in [3.05, 3.63) is 22.7 Å². The van der Waals surface area contributed by atoms with Crippen molar-refractivity contribution in [1.29, 1.82) is 0 Å². The predicted molar refractivity (Wildman–Crippen MR) is 70.1 cm³/mol. The van der Waals surface area contributed by atoms with Gasteiger partial charge < -0.3 is 15.2 Å². The zero-order valence-electron chi connectivity index (χ0n) is 10.0. The maximum absolute atomic E-state index is 9.82. The van der Waals surface area contributed by atoms with Crippen LogP contribution in [0.25, 0.3) is 0 Å². The highest BCUT2D eigenvalue weighted by Gasteiger charge is 2.21. The Labute approximate surface area is 105 Å². The third-order valence-corrected chi connectivity index (χ3v) is 3.21. The molecule has 0 aliphatic rings. The van der Waals surface area contributed by atoms with Gasteiger partial charge in [-0.1, -0.05) is 0 Å². The number of hydrogen-bond acceptors (Lipinski definition) is 3. The van der Waals surface area contributed by atoms with Crippen LogP contribution in [0.1, 0.15) is 20.8 Å². The lowest BCUT2D eigenvalue weighted by Gasteiger charge is -2.27. The lowest BCUT2D eigenvalue weighted by molar-refractivity contribution is 0.0649. The summed E-state index contributed by atoms with van der Waals surface area (Å²) in [7, 11) is 1.63. The van der Waals surface area contributed by atoms with Crippen molar-refractivity contribution in [3.63, 3.8) is 0 Å². The van der Waals surface area contributed by atoms with Gasteiger partial charge in [0.25, 0.3) is 0 Å². The highest BCUT2D eigenvalue weighted by atomic mass is 79.9. The van der Waals surface area contributed by atoms with Crippen LogP contribution >= 0.6 is 15.9 Å². The molecule has 4 heteroatoms. The molecule has 2 N–H and O–H groups in total. The molecule has 0 amide bonds. The van der Waals surface area contributed by atoms with Gasteiger partial charge in [0.15, 0.2) is 0 Å². The molecule has 1 unspecified atom stereocenters. The minimum absolute atomic E-state index is 0.0344. The van der Waals surface area contributed by atoms with E-state index in [1.165, 1.54) is 0 Å². The molecule has 3 nitrogen and oxygen atoms in total. The highest BCUT2D eigenvalue weighted by Crippen LogP contribution is 2.28. The van der Waals surface area contributed by atoms with E-state index in [9.17, 15) is 5.11 Å². The molecule has 1 aromatic rings. The average molecular weight is 288 g/mol. The number of benzene rings is 1. The van der Waals surface area contributed by atoms with E-state index in [0.717, 1.165) is 15.9 Å². The normalized spacial score (nSPS) is 13.4. The summed E-state index contributed by atoms with van der Waals surface area (Å²) in [6, 6.07) is 5.70. The van der Waals surface area contributed by atoms with Crippen LogP contribution in [0.3, 0.4) is 0 Å². The molecule has 16 heavy (non-hydrogen) atoms. The molecule has 0 heterocycles. The van der Waals surface area contributed by atoms with Gasteiger partial charge in [0.1, 0.15) is 5.75 Å². The van der Waals surface area contributed by atoms with Crippen LogP contribution in [0.2, 0.25) is 0 Å². The molecule has 0 aliphatic heterocycles. The van der Waals surface area contributed by atoms with Gasteiger partial charge in [0.05, 0.1) is 23.2 Å². The van der Waals surface area contributed by atoms with Gasteiger partial charge in [-0.15, -0.1) is 0 Å². The fraction of sp³-hybridized carbons (Fsp3) is 0.500. The van der Waals surface area contributed by atoms with Crippen molar-refractivity contribution in [1.82, 2.24) is 0 Å². The standard InChI is InChI=1S/C12H18BrNO2/c1-8(12(2,3)15)14-9-5-6-11(16-4)10(13)7-9/h5-8,14-15H,1-4H3. The molecule has 90 valence electrons. The Kier molecular flexibility index (Phi) is 4.21. The third-order valence-electron chi connectivity index (χ3n) is 2.59. The molecule has 0 saturated carbocycles. The maximum atomic E-state index is 9.82. The number of nitrogens with one attached hydrogen (secondary N) is 1. The summed E-state index contributed by atoms with van der Waals surface area (Å²) in [6.07, 6.45) is 0. The van der Waals surface area contributed by atoms with Crippen molar-refractivity contribution >= 4 is 21.6 Å². The first-order valence-electron chi connectivity index (χ1n) is 5.17. The molecule has 0 fully saturated rings. The molecular formula is C12H18BrNO2. The zero-order chi connectivity index (χ0) is 12.3. The Morgan fingerprint density at radius 2 is 2.06 bits per heavy atom. The first-order chi connectivity index (χ1) is 7.34. The SMILES string of the molecule is COc1ccc(NC(C)C(C)(C)O)cc1Br. The molecular weight excluding hydrogens is 270 g/mol. The number of halogens is 1. The van der Waals surface area contributed by atoms with E-state index in [1.807, 2.05) is 25.1 Å². The fourth-order valence-corrected chi connectivity index (χ4v) is 1.72. The zero-order valence-corrected chi connectivity index (χ0v) is 11.6. The first-order valence-corrected chi connectivity index (χ1v) is 5.96. The minimum Gasteiger partial charge on any atom is -0.496 e. The van der Waals surface area contributed by atoms with E-state index in [1.54, 1.807) is 21.0 Å². The van der Waals surface area contributed by atoms with Gasteiger partial charge in [-0.3, -0.25) is 0 Å². The second-order valence-corrected chi connectivity index (χ2v) is 5.22. The van der Waals surface area contributed by atoms with Crippen LogP contribution in [0.4, 0.5) is 5.69 Å². The lowest BCUT2D eigenvalue weighted by atomic mass is 10.0. The molecule has 0 saturated heterocycles. The van der Waals surface area contributed by atoms with Crippen LogP contribution in [-0.4, -0.2) is 23.9 Å². The monoisotopic (exact) mass is 287 g/mol. The topological polar surface area (TPSA) is 41.5 Å². The van der Waals surface area contributed by atoms with Crippen molar-refractivity contribution in [2.75, 3.05) is 12.4 Å².